The molecule has 1 fully saturated rings. The lowest BCUT2D eigenvalue weighted by Gasteiger charge is -2.31. The van der Waals surface area contributed by atoms with Gasteiger partial charge in [-0.2, -0.15) is 0 Å². The Morgan fingerprint density at radius 2 is 1.72 bits per heavy atom. The van der Waals surface area contributed by atoms with Crippen molar-refractivity contribution in [2.24, 2.45) is 0 Å². The molecular weight excluding hydrogens is 314 g/mol. The lowest BCUT2D eigenvalue weighted by Crippen LogP contribution is -3.11. The molecule has 0 bridgehead atoms. The van der Waals surface area contributed by atoms with Crippen molar-refractivity contribution in [1.82, 2.24) is 4.90 Å². The maximum Gasteiger partial charge on any atom is 0.279 e. The molecule has 1 aromatic carbocycles. The smallest absolute Gasteiger partial charge is 0.279 e. The zero-order valence-corrected chi connectivity index (χ0v) is 16.0. The van der Waals surface area contributed by atoms with E-state index >= 15 is 0 Å². The maximum absolute atomic E-state index is 12.5. The third kappa shape index (κ3) is 5.56. The Bertz CT molecular complexity index is 589. The van der Waals surface area contributed by atoms with Crippen LogP contribution in [0.2, 0.25) is 0 Å². The highest BCUT2D eigenvalue weighted by atomic mass is 16.2. The predicted molar refractivity (Wildman–Crippen MR) is 101 cm³/mol. The molecule has 0 aromatic heterocycles. The molecule has 25 heavy (non-hydrogen) atoms. The summed E-state index contributed by atoms with van der Waals surface area (Å²) in [6.45, 7) is 4.62. The Hall–Kier alpha value is -1.88. The topological polar surface area (TPSA) is 53.9 Å². The van der Waals surface area contributed by atoms with E-state index in [1.165, 1.54) is 19.3 Å². The van der Waals surface area contributed by atoms with Crippen LogP contribution in [0.3, 0.4) is 0 Å². The number of quaternary nitrogens is 1. The number of aryl methyl sites for hydroxylation is 2. The Labute approximate surface area is 151 Å². The minimum absolute atomic E-state index is 0.0528. The van der Waals surface area contributed by atoms with E-state index in [2.05, 4.69) is 5.32 Å². The Morgan fingerprint density at radius 3 is 2.32 bits per heavy atom. The summed E-state index contributed by atoms with van der Waals surface area (Å²) in [6, 6.07) is 6.33. The number of carbonyl (C=O) groups excluding carboxylic acids is 2. The quantitative estimate of drug-likeness (QED) is 0.821. The zero-order valence-electron chi connectivity index (χ0n) is 16.0. The number of benzene rings is 1. The first-order valence-electron chi connectivity index (χ1n) is 9.31. The molecule has 5 nitrogen and oxygen atoms in total. The molecule has 0 radical (unpaired) electrons. The van der Waals surface area contributed by atoms with Gasteiger partial charge in [0, 0.05) is 18.8 Å². The van der Waals surface area contributed by atoms with E-state index in [4.69, 9.17) is 0 Å². The summed E-state index contributed by atoms with van der Waals surface area (Å²) in [5, 5.41) is 2.99. The van der Waals surface area contributed by atoms with E-state index in [9.17, 15) is 9.59 Å². The predicted octanol–water partition coefficient (Wildman–Crippen LogP) is 1.55. The molecule has 138 valence electrons. The molecule has 0 heterocycles. The van der Waals surface area contributed by atoms with E-state index in [0.29, 0.717) is 12.6 Å². The summed E-state index contributed by atoms with van der Waals surface area (Å²) in [5.41, 5.74) is 2.99. The lowest BCUT2D eigenvalue weighted by atomic mass is 9.94. The average molecular weight is 346 g/mol. The van der Waals surface area contributed by atoms with Gasteiger partial charge in [0.2, 0.25) is 0 Å². The minimum Gasteiger partial charge on any atom is -0.338 e. The van der Waals surface area contributed by atoms with E-state index in [1.807, 2.05) is 51.0 Å². The Balaban J connectivity index is 1.83. The largest absolute Gasteiger partial charge is 0.338 e. The first-order valence-corrected chi connectivity index (χ1v) is 9.31. The molecule has 1 saturated carbocycles. The molecule has 1 aliphatic carbocycles. The second-order valence-electron chi connectivity index (χ2n) is 7.42. The van der Waals surface area contributed by atoms with Gasteiger partial charge in [-0.3, -0.25) is 9.59 Å². The maximum atomic E-state index is 12.5. The number of carbonyl (C=O) groups is 2. The van der Waals surface area contributed by atoms with Crippen molar-refractivity contribution in [2.75, 3.05) is 32.5 Å². The second-order valence-corrected chi connectivity index (χ2v) is 7.42. The molecule has 0 spiro atoms. The third-order valence-electron chi connectivity index (χ3n) is 5.18. The summed E-state index contributed by atoms with van der Waals surface area (Å²) < 4.78 is 0. The number of para-hydroxylation sites is 1. The number of nitrogens with zero attached hydrogens (tertiary/aromatic N) is 1. The van der Waals surface area contributed by atoms with Gasteiger partial charge >= 0.3 is 0 Å². The standard InChI is InChI=1S/C20H31N3O2/c1-15-9-8-10-16(2)20(15)21-18(24)13-22(3)14-19(25)23(4)17-11-6-5-7-12-17/h8-10,17H,5-7,11-14H2,1-4H3,(H,21,24)/p+1. The van der Waals surface area contributed by atoms with Crippen LogP contribution in [0.25, 0.3) is 0 Å². The average Bonchev–Trinajstić information content (AvgIpc) is 2.58. The fraction of sp³-hybridized carbons (Fsp3) is 0.600. The fourth-order valence-corrected chi connectivity index (χ4v) is 3.59. The van der Waals surface area contributed by atoms with Gasteiger partial charge in [-0.15, -0.1) is 0 Å². The monoisotopic (exact) mass is 346 g/mol. The molecule has 1 aliphatic rings. The zero-order chi connectivity index (χ0) is 18.4. The molecule has 1 unspecified atom stereocenters. The first-order chi connectivity index (χ1) is 11.9. The van der Waals surface area contributed by atoms with Crippen LogP contribution in [0, 0.1) is 13.8 Å². The van der Waals surface area contributed by atoms with Crippen molar-refractivity contribution in [3.05, 3.63) is 29.3 Å². The van der Waals surface area contributed by atoms with Gasteiger partial charge in [0.1, 0.15) is 0 Å². The third-order valence-corrected chi connectivity index (χ3v) is 5.18. The van der Waals surface area contributed by atoms with Crippen molar-refractivity contribution in [3.8, 4) is 0 Å². The number of hydrogen-bond donors (Lipinski definition) is 2. The highest BCUT2D eigenvalue weighted by Crippen LogP contribution is 2.21. The van der Waals surface area contributed by atoms with E-state index < -0.39 is 0 Å². The van der Waals surface area contributed by atoms with Crippen molar-refractivity contribution in [1.29, 1.82) is 0 Å². The molecule has 1 atom stereocenters. The fourth-order valence-electron chi connectivity index (χ4n) is 3.59. The molecule has 2 rings (SSSR count). The van der Waals surface area contributed by atoms with Crippen LogP contribution in [0.5, 0.6) is 0 Å². The van der Waals surface area contributed by atoms with Gasteiger partial charge in [-0.1, -0.05) is 37.5 Å². The number of nitrogens with one attached hydrogen (secondary N) is 2. The van der Waals surface area contributed by atoms with Crippen LogP contribution >= 0.6 is 0 Å². The van der Waals surface area contributed by atoms with Gasteiger partial charge < -0.3 is 15.1 Å². The van der Waals surface area contributed by atoms with E-state index in [-0.39, 0.29) is 18.4 Å². The SMILES string of the molecule is Cc1cccc(C)c1NC(=O)C[NH+](C)CC(=O)N(C)C1CCCCC1. The van der Waals surface area contributed by atoms with Crippen LogP contribution in [-0.4, -0.2) is 49.9 Å². The number of hydrogen-bond acceptors (Lipinski definition) is 2. The van der Waals surface area contributed by atoms with Crippen LogP contribution in [0.1, 0.15) is 43.2 Å². The molecular formula is C20H32N3O2+. The highest BCUT2D eigenvalue weighted by Gasteiger charge is 2.24. The van der Waals surface area contributed by atoms with Crippen LogP contribution < -0.4 is 10.2 Å². The molecule has 5 heteroatoms. The first kappa shape index (κ1) is 19.4. The van der Waals surface area contributed by atoms with E-state index in [0.717, 1.165) is 34.6 Å². The van der Waals surface area contributed by atoms with Crippen LogP contribution in [0.15, 0.2) is 18.2 Å². The van der Waals surface area contributed by atoms with Gasteiger partial charge in [-0.25, -0.2) is 0 Å². The van der Waals surface area contributed by atoms with Crippen molar-refractivity contribution in [2.45, 2.75) is 52.0 Å². The van der Waals surface area contributed by atoms with Crippen molar-refractivity contribution >= 4 is 17.5 Å². The summed E-state index contributed by atoms with van der Waals surface area (Å²) in [4.78, 5) is 27.6. The molecule has 0 saturated heterocycles. The Morgan fingerprint density at radius 1 is 1.12 bits per heavy atom. The molecule has 0 aliphatic heterocycles. The van der Waals surface area contributed by atoms with Crippen LogP contribution in [-0.2, 0) is 9.59 Å². The normalized spacial score (nSPS) is 16.3. The van der Waals surface area contributed by atoms with Gasteiger partial charge in [0.25, 0.3) is 11.8 Å². The summed E-state index contributed by atoms with van der Waals surface area (Å²) in [6.07, 6.45) is 5.91. The number of rotatable bonds is 6. The molecule has 1 aromatic rings. The second kappa shape index (κ2) is 8.99. The van der Waals surface area contributed by atoms with Gasteiger partial charge in [0.05, 0.1) is 7.05 Å². The highest BCUT2D eigenvalue weighted by molar-refractivity contribution is 5.93. The van der Waals surface area contributed by atoms with Crippen molar-refractivity contribution in [3.63, 3.8) is 0 Å². The number of likely N-dealkylation sites (N-methyl/N-ethyl adjacent to an activating group) is 2. The number of amides is 2. The van der Waals surface area contributed by atoms with Gasteiger partial charge in [0.15, 0.2) is 13.1 Å². The lowest BCUT2D eigenvalue weighted by molar-refractivity contribution is -0.862. The summed E-state index contributed by atoms with van der Waals surface area (Å²) >= 11 is 0. The minimum atomic E-state index is -0.0528. The summed E-state index contributed by atoms with van der Waals surface area (Å²) in [5.74, 6) is 0.0762. The van der Waals surface area contributed by atoms with Crippen molar-refractivity contribution < 1.29 is 14.5 Å². The number of anilines is 1. The summed E-state index contributed by atoms with van der Waals surface area (Å²) in [7, 11) is 3.80. The molecule has 2 amide bonds. The molecule has 2 N–H and O–H groups in total. The Kier molecular flexibility index (Phi) is 7.00. The van der Waals surface area contributed by atoms with E-state index in [1.54, 1.807) is 0 Å². The van der Waals surface area contributed by atoms with Crippen LogP contribution in [0.4, 0.5) is 5.69 Å². The van der Waals surface area contributed by atoms with Gasteiger partial charge in [-0.05, 0) is 37.8 Å².